The van der Waals surface area contributed by atoms with Crippen LogP contribution in [0.15, 0.2) is 0 Å². The first-order chi connectivity index (χ1) is 6.22. The number of carbonyl (C=O) groups excluding carboxylic acids is 1. The topological polar surface area (TPSA) is 52.6 Å². The fraction of sp³-hybridized carbons (Fsp3) is 0.875. The third-order valence-electron chi connectivity index (χ3n) is 1.53. The van der Waals surface area contributed by atoms with Gasteiger partial charge in [-0.1, -0.05) is 26.2 Å². The summed E-state index contributed by atoms with van der Waals surface area (Å²) in [7, 11) is -1.08. The predicted molar refractivity (Wildman–Crippen MR) is 50.1 cm³/mol. The van der Waals surface area contributed by atoms with Crippen molar-refractivity contribution in [2.75, 3.05) is 13.7 Å². The lowest BCUT2D eigenvalue weighted by Gasteiger charge is -1.92. The van der Waals surface area contributed by atoms with Gasteiger partial charge in [0.2, 0.25) is 0 Å². The molecule has 0 aliphatic carbocycles. The van der Waals surface area contributed by atoms with Crippen molar-refractivity contribution in [3.63, 3.8) is 0 Å². The van der Waals surface area contributed by atoms with Gasteiger partial charge in [0.25, 0.3) is 0 Å². The largest absolute Gasteiger partial charge is 0.636 e. The van der Waals surface area contributed by atoms with Crippen LogP contribution in [0, 0.1) is 0 Å². The van der Waals surface area contributed by atoms with E-state index < -0.39 is 13.7 Å². The molecule has 0 bridgehead atoms. The van der Waals surface area contributed by atoms with Crippen molar-refractivity contribution in [3.05, 3.63) is 0 Å². The van der Waals surface area contributed by atoms with Crippen LogP contribution in [0.1, 0.15) is 32.6 Å². The summed E-state index contributed by atoms with van der Waals surface area (Å²) in [4.78, 5) is 10.6. The lowest BCUT2D eigenvalue weighted by Crippen LogP contribution is -1.95. The van der Waals surface area contributed by atoms with Crippen molar-refractivity contribution in [2.45, 2.75) is 32.6 Å². The quantitative estimate of drug-likeness (QED) is 0.475. The van der Waals surface area contributed by atoms with Gasteiger partial charge in [-0.05, 0) is 11.0 Å². The Bertz CT molecular complexity index is 170. The maximum atomic E-state index is 10.9. The Hall–Kier alpha value is -0.470. The zero-order valence-corrected chi connectivity index (χ0v) is 9.01. The first-order valence-corrected chi connectivity index (χ1v) is 5.58. The normalized spacial score (nSPS) is 11.1. The van der Waals surface area contributed by atoms with Gasteiger partial charge in [-0.25, -0.2) is 0 Å². The molecule has 4 nitrogen and oxygen atoms in total. The zero-order chi connectivity index (χ0) is 10.1. The van der Waals surface area contributed by atoms with Crippen LogP contribution < -0.4 is 0 Å². The van der Waals surface area contributed by atoms with E-state index in [4.69, 9.17) is 4.52 Å². The highest BCUT2D eigenvalue weighted by molar-refractivity contribution is 7.58. The molecule has 1 unspecified atom stereocenters. The van der Waals surface area contributed by atoms with Crippen molar-refractivity contribution in [1.29, 1.82) is 0 Å². The van der Waals surface area contributed by atoms with Crippen molar-refractivity contribution in [3.8, 4) is 0 Å². The van der Waals surface area contributed by atoms with E-state index in [9.17, 15) is 9.36 Å². The van der Waals surface area contributed by atoms with Crippen molar-refractivity contribution < 1.29 is 18.6 Å². The maximum Gasteiger partial charge on any atom is 0.636 e. The Morgan fingerprint density at radius 1 is 1.31 bits per heavy atom. The van der Waals surface area contributed by atoms with E-state index >= 15 is 0 Å². The number of carbonyl (C=O) groups is 1. The van der Waals surface area contributed by atoms with Crippen molar-refractivity contribution >= 4 is 13.7 Å². The lowest BCUT2D eigenvalue weighted by molar-refractivity contribution is 0.191. The summed E-state index contributed by atoms with van der Waals surface area (Å²) in [5, 5.41) is 0. The van der Waals surface area contributed by atoms with Gasteiger partial charge in [0.15, 0.2) is 0 Å². The average Bonchev–Trinajstić information content (AvgIpc) is 2.16. The standard InChI is InChI=1S/C8H16O4P/c1-3-4-5-6-7-12-13(10)8(9)11-2/h3-7H2,1-2H3/q+1. The van der Waals surface area contributed by atoms with Gasteiger partial charge >= 0.3 is 13.7 Å². The van der Waals surface area contributed by atoms with Crippen molar-refractivity contribution in [2.24, 2.45) is 0 Å². The SMILES string of the molecule is CCCCCCO[P+](=O)C(=O)OC. The average molecular weight is 207 g/mol. The minimum atomic E-state index is -2.27. The number of ether oxygens (including phenoxy) is 1. The van der Waals surface area contributed by atoms with Crippen LogP contribution in [0.4, 0.5) is 4.79 Å². The molecule has 0 heterocycles. The molecule has 0 aromatic carbocycles. The summed E-state index contributed by atoms with van der Waals surface area (Å²) in [5.74, 6) is 0. The first-order valence-electron chi connectivity index (χ1n) is 4.40. The second-order valence-corrected chi connectivity index (χ2v) is 3.76. The molecule has 0 aromatic heterocycles. The van der Waals surface area contributed by atoms with E-state index in [0.29, 0.717) is 6.61 Å². The monoisotopic (exact) mass is 207 g/mol. The molecule has 0 fully saturated rings. The van der Waals surface area contributed by atoms with E-state index in [1.54, 1.807) is 0 Å². The second kappa shape index (κ2) is 8.14. The van der Waals surface area contributed by atoms with E-state index in [2.05, 4.69) is 11.7 Å². The van der Waals surface area contributed by atoms with Gasteiger partial charge in [0.1, 0.15) is 6.61 Å². The number of rotatable bonds is 7. The van der Waals surface area contributed by atoms with E-state index in [1.165, 1.54) is 7.11 Å². The zero-order valence-electron chi connectivity index (χ0n) is 8.12. The number of hydrogen-bond donors (Lipinski definition) is 0. The molecule has 0 spiro atoms. The van der Waals surface area contributed by atoms with E-state index in [-0.39, 0.29) is 0 Å². The van der Waals surface area contributed by atoms with Crippen LogP contribution in [-0.4, -0.2) is 19.4 Å². The summed E-state index contributed by atoms with van der Waals surface area (Å²) in [6.07, 6.45) is 4.16. The van der Waals surface area contributed by atoms with E-state index in [1.807, 2.05) is 0 Å². The molecule has 0 N–H and O–H groups in total. The van der Waals surface area contributed by atoms with Crippen LogP contribution in [0.3, 0.4) is 0 Å². The summed E-state index contributed by atoms with van der Waals surface area (Å²) < 4.78 is 19.9. The second-order valence-electron chi connectivity index (χ2n) is 2.62. The maximum absolute atomic E-state index is 10.9. The highest BCUT2D eigenvalue weighted by Crippen LogP contribution is 2.24. The Labute approximate surface area is 79.5 Å². The van der Waals surface area contributed by atoms with Gasteiger partial charge < -0.3 is 4.74 Å². The molecule has 0 saturated carbocycles. The predicted octanol–water partition coefficient (Wildman–Crippen LogP) is 3.09. The molecule has 13 heavy (non-hydrogen) atoms. The molecule has 5 heteroatoms. The van der Waals surface area contributed by atoms with Crippen LogP contribution in [0.5, 0.6) is 0 Å². The number of hydrogen-bond acceptors (Lipinski definition) is 4. The molecule has 1 atom stereocenters. The van der Waals surface area contributed by atoms with Gasteiger partial charge in [0.05, 0.1) is 7.11 Å². The fourth-order valence-electron chi connectivity index (χ4n) is 0.804. The molecule has 0 aromatic rings. The molecule has 0 aliphatic rings. The molecule has 0 saturated heterocycles. The van der Waals surface area contributed by atoms with Crippen LogP contribution in [0.25, 0.3) is 0 Å². The first kappa shape index (κ1) is 12.5. The Morgan fingerprint density at radius 2 is 2.00 bits per heavy atom. The van der Waals surface area contributed by atoms with Gasteiger partial charge in [-0.15, -0.1) is 4.52 Å². The van der Waals surface area contributed by atoms with E-state index in [0.717, 1.165) is 25.7 Å². The minimum absolute atomic E-state index is 0.365. The Kier molecular flexibility index (Phi) is 7.85. The number of unbranched alkanes of at least 4 members (excludes halogenated alkanes) is 3. The van der Waals surface area contributed by atoms with Gasteiger partial charge in [0, 0.05) is 0 Å². The fourth-order valence-corrected chi connectivity index (χ4v) is 1.35. The molecular weight excluding hydrogens is 191 g/mol. The summed E-state index contributed by atoms with van der Waals surface area (Å²) in [5.41, 5.74) is -0.787. The lowest BCUT2D eigenvalue weighted by atomic mass is 10.2. The van der Waals surface area contributed by atoms with Crippen LogP contribution in [-0.2, 0) is 13.8 Å². The van der Waals surface area contributed by atoms with Gasteiger partial charge in [-0.3, -0.25) is 0 Å². The van der Waals surface area contributed by atoms with Crippen LogP contribution in [0.2, 0.25) is 0 Å². The third kappa shape index (κ3) is 6.67. The third-order valence-corrected chi connectivity index (χ3v) is 2.43. The minimum Gasteiger partial charge on any atom is -0.429 e. The highest BCUT2D eigenvalue weighted by atomic mass is 31.1. The van der Waals surface area contributed by atoms with Crippen LogP contribution >= 0.6 is 8.03 Å². The molecule has 0 amide bonds. The Balaban J connectivity index is 3.32. The Morgan fingerprint density at radius 3 is 2.54 bits per heavy atom. The smallest absolute Gasteiger partial charge is 0.429 e. The van der Waals surface area contributed by atoms with Crippen molar-refractivity contribution in [1.82, 2.24) is 0 Å². The molecule has 0 aliphatic heterocycles. The summed E-state index contributed by atoms with van der Waals surface area (Å²) in [6, 6.07) is 0. The summed E-state index contributed by atoms with van der Waals surface area (Å²) in [6.45, 7) is 2.47. The van der Waals surface area contributed by atoms with Gasteiger partial charge in [-0.2, -0.15) is 4.79 Å². The molecule has 0 rings (SSSR count). The molecule has 0 radical (unpaired) electrons. The molecular formula is C8H16O4P+. The highest BCUT2D eigenvalue weighted by Gasteiger charge is 2.32. The molecule has 76 valence electrons. The number of methoxy groups -OCH3 is 1. The summed E-state index contributed by atoms with van der Waals surface area (Å²) >= 11 is 0.